The van der Waals surface area contributed by atoms with E-state index in [-0.39, 0.29) is 29.8 Å². The highest BCUT2D eigenvalue weighted by Gasteiger charge is 2.74. The van der Waals surface area contributed by atoms with Crippen molar-refractivity contribution >= 4 is 19.9 Å². The fourth-order valence-corrected chi connectivity index (χ4v) is 8.76. The number of ketones is 2. The maximum Gasteiger partial charge on any atom is 0.197 e. The lowest BCUT2D eigenvalue weighted by Gasteiger charge is -2.68. The molecule has 8 atom stereocenters. The lowest BCUT2D eigenvalue weighted by molar-refractivity contribution is -0.136. The summed E-state index contributed by atoms with van der Waals surface area (Å²) in [7, 11) is -1.00. The van der Waals surface area contributed by atoms with E-state index in [1.54, 1.807) is 6.08 Å². The van der Waals surface area contributed by atoms with Crippen molar-refractivity contribution < 1.29 is 28.8 Å². The van der Waals surface area contributed by atoms with Crippen LogP contribution < -0.4 is 11.5 Å². The first-order valence-electron chi connectivity index (χ1n) is 15.5. The molecule has 0 aromatic heterocycles. The molecule has 3 fully saturated rings. The molecule has 0 heterocycles. The van der Waals surface area contributed by atoms with Crippen LogP contribution in [0.15, 0.2) is 29.0 Å². The van der Waals surface area contributed by atoms with Crippen LogP contribution in [0.4, 0.5) is 0 Å². The first-order valence-corrected chi connectivity index (χ1v) is 16.8. The van der Waals surface area contributed by atoms with Crippen molar-refractivity contribution in [1.82, 2.24) is 0 Å². The van der Waals surface area contributed by atoms with Crippen molar-refractivity contribution in [1.29, 1.82) is 0 Å². The Morgan fingerprint density at radius 3 is 2.17 bits per heavy atom. The summed E-state index contributed by atoms with van der Waals surface area (Å²) in [5, 5.41) is 21.6. The summed E-state index contributed by atoms with van der Waals surface area (Å²) >= 11 is 0. The number of allylic oxidation sites excluding steroid dienone is 2. The number of carbonyl (C=O) groups excluding carboxylic acids is 2. The van der Waals surface area contributed by atoms with Gasteiger partial charge in [-0.15, -0.1) is 0 Å². The molecule has 0 aromatic rings. The summed E-state index contributed by atoms with van der Waals surface area (Å²) in [6.45, 7) is 18.5. The predicted octanol–water partition coefficient (Wildman–Crippen LogP) is 5.00. The number of aliphatic hydroxyl groups excluding tert-OH is 2. The second-order valence-electron chi connectivity index (χ2n) is 11.5. The molecule has 42 heavy (non-hydrogen) atoms. The molecule has 4 aliphatic carbocycles. The van der Waals surface area contributed by atoms with Crippen LogP contribution in [0.2, 0.25) is 0 Å². The molecule has 0 aliphatic heterocycles. The molecule has 11 heteroatoms. The Kier molecular flexibility index (Phi) is 14.8. The van der Waals surface area contributed by atoms with E-state index in [4.69, 9.17) is 25.6 Å². The van der Waals surface area contributed by atoms with Crippen molar-refractivity contribution in [3.8, 4) is 0 Å². The van der Waals surface area contributed by atoms with Gasteiger partial charge in [0.2, 0.25) is 0 Å². The van der Waals surface area contributed by atoms with Gasteiger partial charge in [-0.3, -0.25) is 9.59 Å². The van der Waals surface area contributed by atoms with Crippen LogP contribution in [0.3, 0.4) is 0 Å². The summed E-state index contributed by atoms with van der Waals surface area (Å²) in [5.74, 6) is -0.886. The normalized spacial score (nSPS) is 37.8. The van der Waals surface area contributed by atoms with E-state index >= 15 is 0 Å². The van der Waals surface area contributed by atoms with E-state index in [0.717, 1.165) is 5.57 Å². The van der Waals surface area contributed by atoms with Crippen LogP contribution in [-0.4, -0.2) is 65.1 Å². The molecule has 5 unspecified atom stereocenters. The van der Waals surface area contributed by atoms with E-state index < -0.39 is 48.8 Å². The zero-order valence-corrected chi connectivity index (χ0v) is 28.1. The number of aliphatic hydroxyl groups is 2. The second kappa shape index (κ2) is 16.1. The summed E-state index contributed by atoms with van der Waals surface area (Å²) in [6.07, 6.45) is 7.14. The molecule has 4 rings (SSSR count). The SMILES string of the molecule is CC.CC.CCOP(CO)OCC.C[C@H]1CC2[C@](N)(C(N=O)CC3(C)C(C(=O)CO)CC[C@@]23N)C2(C)C=CC(=O)C=C12. The van der Waals surface area contributed by atoms with Gasteiger partial charge in [0, 0.05) is 16.9 Å². The summed E-state index contributed by atoms with van der Waals surface area (Å²) in [4.78, 5) is 36.8. The fourth-order valence-electron chi connectivity index (χ4n) is 7.94. The summed E-state index contributed by atoms with van der Waals surface area (Å²) < 4.78 is 10.0. The molecule has 0 amide bonds. The van der Waals surface area contributed by atoms with Crippen molar-refractivity contribution in [2.24, 2.45) is 45.2 Å². The van der Waals surface area contributed by atoms with Gasteiger partial charge >= 0.3 is 0 Å². The Morgan fingerprint density at radius 2 is 1.69 bits per heavy atom. The van der Waals surface area contributed by atoms with Crippen LogP contribution in [0.5, 0.6) is 0 Å². The zero-order valence-electron chi connectivity index (χ0n) is 27.2. The third-order valence-electron chi connectivity index (χ3n) is 9.88. The molecule has 0 bridgehead atoms. The molecule has 10 nitrogen and oxygen atoms in total. The Bertz CT molecular complexity index is 988. The quantitative estimate of drug-likeness (QED) is 0.217. The van der Waals surface area contributed by atoms with Crippen LogP contribution in [0.25, 0.3) is 0 Å². The summed E-state index contributed by atoms with van der Waals surface area (Å²) in [6, 6.07) is -0.750. The second-order valence-corrected chi connectivity index (χ2v) is 12.9. The first kappa shape index (κ1) is 38.6. The molecular weight excluding hydrogens is 557 g/mol. The largest absolute Gasteiger partial charge is 0.389 e. The molecule has 242 valence electrons. The maximum absolute atomic E-state index is 12.5. The topological polar surface area (TPSA) is 175 Å². The first-order chi connectivity index (χ1) is 19.8. The van der Waals surface area contributed by atoms with Crippen molar-refractivity contribution in [3.05, 3.63) is 28.7 Å². The smallest absolute Gasteiger partial charge is 0.197 e. The molecular formula is C31H56N3O7P. The number of hydrogen-bond acceptors (Lipinski definition) is 10. The van der Waals surface area contributed by atoms with Gasteiger partial charge in [0.25, 0.3) is 0 Å². The molecule has 3 saturated carbocycles. The van der Waals surface area contributed by atoms with Crippen LogP contribution in [-0.2, 0) is 18.6 Å². The van der Waals surface area contributed by atoms with Crippen molar-refractivity contribution in [2.45, 2.75) is 105 Å². The highest BCUT2D eigenvalue weighted by molar-refractivity contribution is 7.46. The van der Waals surface area contributed by atoms with Gasteiger partial charge in [0.15, 0.2) is 19.9 Å². The van der Waals surface area contributed by atoms with Gasteiger partial charge in [0.1, 0.15) is 19.0 Å². The lowest BCUT2D eigenvalue weighted by atomic mass is 9.39. The molecule has 0 saturated heterocycles. The van der Waals surface area contributed by atoms with E-state index in [0.29, 0.717) is 38.9 Å². The number of nitroso groups, excluding NO2 is 1. The number of nitrogens with zero attached hydrogens (tertiary/aromatic N) is 1. The monoisotopic (exact) mass is 613 g/mol. The summed E-state index contributed by atoms with van der Waals surface area (Å²) in [5.41, 5.74) is 12.1. The molecule has 4 aliphatic rings. The van der Waals surface area contributed by atoms with Crippen molar-refractivity contribution in [2.75, 3.05) is 26.2 Å². The molecule has 0 radical (unpaired) electrons. The van der Waals surface area contributed by atoms with E-state index in [1.807, 2.05) is 61.5 Å². The Hall–Kier alpha value is -1.39. The minimum Gasteiger partial charge on any atom is -0.389 e. The third-order valence-corrected chi connectivity index (χ3v) is 11.2. The van der Waals surface area contributed by atoms with Gasteiger partial charge in [0.05, 0.1) is 18.8 Å². The minimum absolute atomic E-state index is 0.00296. The number of rotatable bonds is 8. The number of hydrogen-bond donors (Lipinski definition) is 4. The number of carbonyl (C=O) groups is 2. The van der Waals surface area contributed by atoms with Gasteiger partial charge in [-0.1, -0.05) is 65.3 Å². The number of fused-ring (bicyclic) bond motifs is 5. The van der Waals surface area contributed by atoms with Crippen LogP contribution >= 0.6 is 8.38 Å². The average Bonchev–Trinajstić information content (AvgIpc) is 3.27. The van der Waals surface area contributed by atoms with Crippen LogP contribution in [0, 0.1) is 33.5 Å². The highest BCUT2D eigenvalue weighted by Crippen LogP contribution is 2.68. The number of nitrogens with two attached hydrogens (primary N) is 2. The standard InChI is InChI=1S/C22H31N3O4.C5H13O3P.2C2H6/c1-12-8-17-21(23)7-5-14(16(28)11-26)20(21,3)10-18(25-29)22(17,24)19(2)6-4-13(27)9-15(12)19;1-3-7-9(5-6)8-4-2;2*1-2/h4,6,9,12,14,17-18,26H,5,7-8,10-11,23-24H2,1-3H3;6H,3-5H2,1-2H3;2*1-2H3/t12-,14?,17?,18?,19?,20?,21+,22-;;;/m0.../s1. The minimum atomic E-state index is -1.05. The molecule has 0 aromatic carbocycles. The van der Waals surface area contributed by atoms with E-state index in [1.165, 1.54) is 6.08 Å². The molecule has 6 N–H and O–H groups in total. The Labute approximate surface area is 253 Å². The maximum atomic E-state index is 12.5. The van der Waals surface area contributed by atoms with Gasteiger partial charge < -0.3 is 30.7 Å². The highest BCUT2D eigenvalue weighted by atomic mass is 31.2. The van der Waals surface area contributed by atoms with E-state index in [9.17, 15) is 19.6 Å². The van der Waals surface area contributed by atoms with Crippen molar-refractivity contribution in [3.63, 3.8) is 0 Å². The zero-order chi connectivity index (χ0) is 32.5. The number of Topliss-reactive ketones (excluding diaryl/α,β-unsaturated/α-hetero) is 1. The van der Waals surface area contributed by atoms with Gasteiger partial charge in [-0.25, -0.2) is 0 Å². The predicted molar refractivity (Wildman–Crippen MR) is 169 cm³/mol. The van der Waals surface area contributed by atoms with Crippen LogP contribution in [0.1, 0.15) is 88.0 Å². The van der Waals surface area contributed by atoms with Gasteiger partial charge in [-0.05, 0) is 68.9 Å². The fraction of sp³-hybridized carbons (Fsp3) is 0.806. The Balaban J connectivity index is 0.000000578. The van der Waals surface area contributed by atoms with E-state index in [2.05, 4.69) is 12.1 Å². The molecule has 0 spiro atoms. The lowest BCUT2D eigenvalue weighted by Crippen LogP contribution is -2.80. The van der Waals surface area contributed by atoms with Gasteiger partial charge in [-0.2, -0.15) is 4.91 Å². The Morgan fingerprint density at radius 1 is 1.12 bits per heavy atom. The third kappa shape index (κ3) is 6.51. The average molecular weight is 614 g/mol.